The number of hydrogen-bond donors (Lipinski definition) is 2. The topological polar surface area (TPSA) is 74.6 Å². The second kappa shape index (κ2) is 5.87. The Bertz CT molecular complexity index is 707. The maximum absolute atomic E-state index is 12.5. The van der Waals surface area contributed by atoms with E-state index < -0.39 is 12.7 Å². The van der Waals surface area contributed by atoms with Crippen LogP contribution in [0.1, 0.15) is 46.5 Å². The van der Waals surface area contributed by atoms with E-state index in [4.69, 9.17) is 0 Å². The van der Waals surface area contributed by atoms with E-state index in [1.165, 1.54) is 0 Å². The summed E-state index contributed by atoms with van der Waals surface area (Å²) < 4.78 is 0. The fraction of sp³-hybridized carbons (Fsp3) is 0.727. The molecule has 0 aliphatic heterocycles. The van der Waals surface area contributed by atoms with Gasteiger partial charge >= 0.3 is 0 Å². The molecule has 0 saturated heterocycles. The molecule has 0 spiro atoms. The zero-order valence-electron chi connectivity index (χ0n) is 15.9. The lowest BCUT2D eigenvalue weighted by Crippen LogP contribution is -2.56. The number of allylic oxidation sites excluding steroid dienone is 4. The molecule has 0 aromatic carbocycles. The molecule has 4 heteroatoms. The van der Waals surface area contributed by atoms with Crippen LogP contribution in [0.3, 0.4) is 0 Å². The van der Waals surface area contributed by atoms with Gasteiger partial charge < -0.3 is 10.2 Å². The first-order valence-corrected chi connectivity index (χ1v) is 9.98. The number of rotatable bonds is 2. The van der Waals surface area contributed by atoms with Gasteiger partial charge in [0.2, 0.25) is 0 Å². The number of ketones is 2. The third-order valence-corrected chi connectivity index (χ3v) is 8.34. The standard InChI is InChI=1S/C22H30O4/c1-12-8-16-15-5-4-13-9-14(24)6-7-21(13,2)20(15)17(25)10-22(16,3)19(12)18(26)11-23/h6-7,9,12,15-17,19-20,23,25H,4-5,8,10-11H2,1-3H3/t12-,15+,16?,17+,19-,20?,21+,22+/m1/s1. The Labute approximate surface area is 155 Å². The Morgan fingerprint density at radius 3 is 2.77 bits per heavy atom. The highest BCUT2D eigenvalue weighted by molar-refractivity contribution is 6.01. The minimum atomic E-state index is -0.493. The maximum Gasteiger partial charge on any atom is 0.178 e. The number of aliphatic hydroxyl groups excluding tert-OH is 2. The summed E-state index contributed by atoms with van der Waals surface area (Å²) in [5.41, 5.74) is 0.647. The van der Waals surface area contributed by atoms with E-state index in [1.807, 2.05) is 6.08 Å². The molecule has 0 bridgehead atoms. The van der Waals surface area contributed by atoms with Gasteiger partial charge in [-0.1, -0.05) is 32.4 Å². The van der Waals surface area contributed by atoms with E-state index in [9.17, 15) is 19.8 Å². The molecule has 4 rings (SSSR count). The van der Waals surface area contributed by atoms with Crippen molar-refractivity contribution in [1.82, 2.24) is 0 Å². The number of fused-ring (bicyclic) bond motifs is 5. The summed E-state index contributed by atoms with van der Waals surface area (Å²) in [6, 6.07) is 0. The minimum absolute atomic E-state index is 0.0501. The smallest absolute Gasteiger partial charge is 0.178 e. The second-order valence-corrected chi connectivity index (χ2v) is 9.62. The highest BCUT2D eigenvalue weighted by Gasteiger charge is 2.64. The molecule has 2 N–H and O–H groups in total. The van der Waals surface area contributed by atoms with Crippen molar-refractivity contribution in [2.24, 2.45) is 40.4 Å². The van der Waals surface area contributed by atoms with Crippen molar-refractivity contribution in [2.75, 3.05) is 6.61 Å². The summed E-state index contributed by atoms with van der Waals surface area (Å²) in [5.74, 6) is 0.886. The van der Waals surface area contributed by atoms with Gasteiger partial charge in [-0.2, -0.15) is 0 Å². The van der Waals surface area contributed by atoms with Gasteiger partial charge in [-0.3, -0.25) is 9.59 Å². The molecule has 26 heavy (non-hydrogen) atoms. The molecule has 0 aromatic heterocycles. The zero-order chi connectivity index (χ0) is 18.9. The third-order valence-electron chi connectivity index (χ3n) is 8.34. The second-order valence-electron chi connectivity index (χ2n) is 9.62. The highest BCUT2D eigenvalue weighted by Crippen LogP contribution is 2.67. The van der Waals surface area contributed by atoms with Crippen LogP contribution in [0, 0.1) is 40.4 Å². The minimum Gasteiger partial charge on any atom is -0.393 e. The predicted molar refractivity (Wildman–Crippen MR) is 98.1 cm³/mol. The van der Waals surface area contributed by atoms with Gasteiger partial charge in [-0.05, 0) is 61.0 Å². The molecule has 0 aromatic rings. The average molecular weight is 358 g/mol. The van der Waals surface area contributed by atoms with Crippen LogP contribution in [-0.4, -0.2) is 34.5 Å². The third kappa shape index (κ3) is 2.27. The first kappa shape index (κ1) is 18.1. The SMILES string of the molecule is C[C@@H]1CC2[C@@H]3CCC4=CC(=O)C=C[C@]4(C)C3[C@@H](O)C[C@]2(C)[C@H]1C(=O)CO. The number of aliphatic hydroxyl groups is 2. The van der Waals surface area contributed by atoms with E-state index >= 15 is 0 Å². The molecule has 0 heterocycles. The fourth-order valence-corrected chi connectivity index (χ4v) is 7.48. The molecule has 3 saturated carbocycles. The molecular formula is C22H30O4. The van der Waals surface area contributed by atoms with Crippen LogP contribution >= 0.6 is 0 Å². The van der Waals surface area contributed by atoms with Crippen molar-refractivity contribution in [3.63, 3.8) is 0 Å². The molecule has 2 unspecified atom stereocenters. The quantitative estimate of drug-likeness (QED) is 0.796. The lowest BCUT2D eigenvalue weighted by atomic mass is 9.46. The van der Waals surface area contributed by atoms with Crippen molar-refractivity contribution >= 4 is 11.6 Å². The molecule has 3 fully saturated rings. The number of hydrogen-bond acceptors (Lipinski definition) is 4. The van der Waals surface area contributed by atoms with E-state index in [2.05, 4.69) is 20.8 Å². The largest absolute Gasteiger partial charge is 0.393 e. The first-order chi connectivity index (χ1) is 12.2. The molecule has 0 radical (unpaired) electrons. The summed E-state index contributed by atoms with van der Waals surface area (Å²) in [4.78, 5) is 24.3. The number of carbonyl (C=O) groups is 2. The molecule has 8 atom stereocenters. The van der Waals surface area contributed by atoms with Crippen LogP contribution < -0.4 is 0 Å². The Morgan fingerprint density at radius 2 is 2.08 bits per heavy atom. The average Bonchev–Trinajstić information content (AvgIpc) is 2.84. The molecule has 4 nitrogen and oxygen atoms in total. The van der Waals surface area contributed by atoms with E-state index in [0.29, 0.717) is 18.3 Å². The van der Waals surface area contributed by atoms with Gasteiger partial charge in [0.25, 0.3) is 0 Å². The molecular weight excluding hydrogens is 328 g/mol. The fourth-order valence-electron chi connectivity index (χ4n) is 7.48. The van der Waals surface area contributed by atoms with Gasteiger partial charge in [0.1, 0.15) is 6.61 Å². The summed E-state index contributed by atoms with van der Waals surface area (Å²) in [7, 11) is 0. The number of Topliss-reactive ketones (excluding diaryl/α,β-unsaturated/α-hetero) is 1. The van der Waals surface area contributed by atoms with E-state index in [1.54, 1.807) is 12.2 Å². The Balaban J connectivity index is 1.74. The van der Waals surface area contributed by atoms with Gasteiger partial charge in [-0.15, -0.1) is 0 Å². The van der Waals surface area contributed by atoms with Crippen LogP contribution in [0.2, 0.25) is 0 Å². The van der Waals surface area contributed by atoms with Crippen molar-refractivity contribution in [1.29, 1.82) is 0 Å². The lowest BCUT2D eigenvalue weighted by molar-refractivity contribution is -0.142. The summed E-state index contributed by atoms with van der Waals surface area (Å²) in [5, 5.41) is 20.7. The lowest BCUT2D eigenvalue weighted by Gasteiger charge is -2.58. The monoisotopic (exact) mass is 358 g/mol. The van der Waals surface area contributed by atoms with E-state index in [0.717, 1.165) is 24.8 Å². The van der Waals surface area contributed by atoms with Crippen molar-refractivity contribution in [3.8, 4) is 0 Å². The Kier molecular flexibility index (Phi) is 4.09. The van der Waals surface area contributed by atoms with Crippen LogP contribution in [-0.2, 0) is 9.59 Å². The highest BCUT2D eigenvalue weighted by atomic mass is 16.3. The predicted octanol–water partition coefficient (Wildman–Crippen LogP) is 2.69. The number of carbonyl (C=O) groups excluding carboxylic acids is 2. The van der Waals surface area contributed by atoms with Gasteiger partial charge in [0.05, 0.1) is 6.10 Å². The van der Waals surface area contributed by atoms with Gasteiger partial charge in [0.15, 0.2) is 11.6 Å². The molecule has 4 aliphatic rings. The van der Waals surface area contributed by atoms with Crippen molar-refractivity contribution < 1.29 is 19.8 Å². The normalized spacial score (nSPS) is 49.9. The Hall–Kier alpha value is -1.26. The van der Waals surface area contributed by atoms with Crippen LogP contribution in [0.25, 0.3) is 0 Å². The van der Waals surface area contributed by atoms with Gasteiger partial charge in [-0.25, -0.2) is 0 Å². The summed E-state index contributed by atoms with van der Waals surface area (Å²) in [6.07, 6.45) is 8.39. The summed E-state index contributed by atoms with van der Waals surface area (Å²) in [6.45, 7) is 6.04. The van der Waals surface area contributed by atoms with Gasteiger partial charge in [0, 0.05) is 17.3 Å². The Morgan fingerprint density at radius 1 is 1.35 bits per heavy atom. The molecule has 142 valence electrons. The van der Waals surface area contributed by atoms with Crippen molar-refractivity contribution in [3.05, 3.63) is 23.8 Å². The van der Waals surface area contributed by atoms with E-state index in [-0.39, 0.29) is 40.2 Å². The van der Waals surface area contributed by atoms with Crippen molar-refractivity contribution in [2.45, 2.75) is 52.6 Å². The van der Waals surface area contributed by atoms with Crippen LogP contribution in [0.15, 0.2) is 23.8 Å². The van der Waals surface area contributed by atoms with Crippen LogP contribution in [0.5, 0.6) is 0 Å². The first-order valence-electron chi connectivity index (χ1n) is 9.98. The summed E-state index contributed by atoms with van der Waals surface area (Å²) >= 11 is 0. The van der Waals surface area contributed by atoms with Crippen LogP contribution in [0.4, 0.5) is 0 Å². The zero-order valence-corrected chi connectivity index (χ0v) is 15.9. The molecule has 4 aliphatic carbocycles. The molecule has 0 amide bonds. The maximum atomic E-state index is 12.5.